The highest BCUT2D eigenvalue weighted by Gasteiger charge is 2.21. The molecule has 0 spiro atoms. The first kappa shape index (κ1) is 30.9. The van der Waals surface area contributed by atoms with Crippen LogP contribution in [-0.4, -0.2) is 45.6 Å². The van der Waals surface area contributed by atoms with E-state index >= 15 is 0 Å². The van der Waals surface area contributed by atoms with Crippen LogP contribution in [0.3, 0.4) is 0 Å². The molecule has 176 valence electrons. The number of rotatable bonds is 15. The summed E-state index contributed by atoms with van der Waals surface area (Å²) in [6, 6.07) is -1.07. The first-order valence-electron chi connectivity index (χ1n) is 9.98. The maximum Gasteiger partial charge on any atom is 0.331 e. The largest absolute Gasteiger partial charge is 0.480 e. The van der Waals surface area contributed by atoms with E-state index in [0.29, 0.717) is 5.75 Å². The van der Waals surface area contributed by atoms with Crippen LogP contribution in [0, 0.1) is 0 Å². The first-order valence-corrected chi connectivity index (χ1v) is 11.1. The van der Waals surface area contributed by atoms with Crippen molar-refractivity contribution in [2.75, 3.05) is 11.5 Å². The van der Waals surface area contributed by atoms with Gasteiger partial charge in [-0.05, 0) is 53.4 Å². The third kappa shape index (κ3) is 17.1. The maximum atomic E-state index is 11.8. The molecular weight excluding hydrogens is 414 g/mol. The molecule has 31 heavy (non-hydrogen) atoms. The molecule has 0 unspecified atom stereocenters. The summed E-state index contributed by atoms with van der Waals surface area (Å²) in [5, 5.41) is 20.3. The smallest absolute Gasteiger partial charge is 0.331 e. The second-order valence-electron chi connectivity index (χ2n) is 7.54. The molecule has 0 saturated carbocycles. The average molecular weight is 454 g/mol. The van der Waals surface area contributed by atoms with Crippen LogP contribution < -0.4 is 5.32 Å². The summed E-state index contributed by atoms with van der Waals surface area (Å²) in [5.41, 5.74) is 3.70. The van der Waals surface area contributed by atoms with Crippen LogP contribution >= 0.6 is 11.8 Å². The number of aliphatic carboxylic acids is 2. The van der Waals surface area contributed by atoms with E-state index < -0.39 is 30.3 Å². The van der Waals surface area contributed by atoms with Crippen LogP contribution in [0.2, 0.25) is 0 Å². The molecule has 0 aromatic rings. The van der Waals surface area contributed by atoms with E-state index in [1.165, 1.54) is 28.5 Å². The summed E-state index contributed by atoms with van der Waals surface area (Å²) in [7, 11) is 0. The second-order valence-corrected chi connectivity index (χ2v) is 8.62. The molecule has 0 bridgehead atoms. The van der Waals surface area contributed by atoms with Gasteiger partial charge >= 0.3 is 11.9 Å². The van der Waals surface area contributed by atoms with E-state index in [9.17, 15) is 19.5 Å². The van der Waals surface area contributed by atoms with Crippen molar-refractivity contribution in [3.63, 3.8) is 0 Å². The lowest BCUT2D eigenvalue weighted by Gasteiger charge is -2.14. The Labute approximate surface area is 191 Å². The van der Waals surface area contributed by atoms with Crippen molar-refractivity contribution in [1.29, 1.82) is 0 Å². The van der Waals surface area contributed by atoms with Crippen LogP contribution in [-0.2, 0) is 14.4 Å². The molecule has 1 atom stereocenters. The number of carboxylic acids is 2. The van der Waals surface area contributed by atoms with E-state index in [-0.39, 0.29) is 18.8 Å². The van der Waals surface area contributed by atoms with Gasteiger partial charge in [-0.15, -0.1) is 0 Å². The Balaban J connectivity index is 0. The second kappa shape index (κ2) is 17.4. The van der Waals surface area contributed by atoms with Gasteiger partial charge in [0.1, 0.15) is 6.04 Å². The summed E-state index contributed by atoms with van der Waals surface area (Å²) in [5.74, 6) is -2.23. The summed E-state index contributed by atoms with van der Waals surface area (Å²) in [6.07, 6.45) is 10.2. The van der Waals surface area contributed by atoms with Crippen LogP contribution in [0.5, 0.6) is 0 Å². The molecule has 0 fully saturated rings. The minimum absolute atomic E-state index is 0. The van der Waals surface area contributed by atoms with Gasteiger partial charge in [0.2, 0.25) is 5.91 Å². The fraction of sp³-hybridized carbons (Fsp3) is 0.542. The van der Waals surface area contributed by atoms with Gasteiger partial charge in [0.15, 0.2) is 0 Å². The van der Waals surface area contributed by atoms with Crippen LogP contribution in [0.25, 0.3) is 0 Å². The molecular formula is C24H39NO5S. The topological polar surface area (TPSA) is 104 Å². The Kier molecular flexibility index (Phi) is 17.4. The zero-order valence-corrected chi connectivity index (χ0v) is 19.3. The third-order valence-corrected chi connectivity index (χ3v) is 5.24. The van der Waals surface area contributed by atoms with E-state index in [0.717, 1.165) is 25.7 Å². The quantitative estimate of drug-likeness (QED) is 0.175. The highest BCUT2D eigenvalue weighted by molar-refractivity contribution is 7.99. The zero-order valence-electron chi connectivity index (χ0n) is 18.5. The first-order chi connectivity index (χ1) is 14.0. The molecule has 0 aromatic heterocycles. The molecule has 0 heterocycles. The number of amides is 1. The minimum Gasteiger partial charge on any atom is -0.480 e. The number of carbonyl (C=O) groups is 3. The predicted molar refractivity (Wildman–Crippen MR) is 130 cm³/mol. The Morgan fingerprint density at radius 3 is 2.03 bits per heavy atom. The average Bonchev–Trinajstić information content (AvgIpc) is 2.63. The number of hydrogen-bond donors (Lipinski definition) is 3. The molecule has 0 radical (unpaired) electrons. The third-order valence-electron chi connectivity index (χ3n) is 4.27. The predicted octanol–water partition coefficient (Wildman–Crippen LogP) is 5.38. The SMILES string of the molecule is C.C=C(CC(=O)N[C@@H](CSC/C=C(\C)CC/C=C(\C)CCC=C(C)C)C(=O)O)C(=O)O. The monoisotopic (exact) mass is 453 g/mol. The fourth-order valence-corrected chi connectivity index (χ4v) is 3.42. The number of carbonyl (C=O) groups excluding carboxylic acids is 1. The summed E-state index contributed by atoms with van der Waals surface area (Å²) in [4.78, 5) is 33.8. The van der Waals surface area contributed by atoms with Gasteiger partial charge in [-0.25, -0.2) is 9.59 Å². The Bertz CT molecular complexity index is 703. The number of nitrogens with one attached hydrogen (secondary N) is 1. The molecule has 1 amide bonds. The summed E-state index contributed by atoms with van der Waals surface area (Å²) < 4.78 is 0. The number of thioether (sulfide) groups is 1. The van der Waals surface area contributed by atoms with E-state index in [1.54, 1.807) is 0 Å². The zero-order chi connectivity index (χ0) is 23.1. The number of carboxylic acid groups (broad SMARTS) is 2. The van der Waals surface area contributed by atoms with Crippen molar-refractivity contribution < 1.29 is 24.6 Å². The molecule has 0 aromatic carbocycles. The van der Waals surface area contributed by atoms with Crippen molar-refractivity contribution in [3.05, 3.63) is 47.1 Å². The van der Waals surface area contributed by atoms with Gasteiger partial charge in [0.05, 0.1) is 6.42 Å². The van der Waals surface area contributed by atoms with Crippen LogP contribution in [0.15, 0.2) is 47.1 Å². The van der Waals surface area contributed by atoms with Crippen molar-refractivity contribution in [2.24, 2.45) is 0 Å². The van der Waals surface area contributed by atoms with Crippen LogP contribution in [0.4, 0.5) is 0 Å². The lowest BCUT2D eigenvalue weighted by Crippen LogP contribution is -2.42. The number of allylic oxidation sites excluding steroid dienone is 5. The lowest BCUT2D eigenvalue weighted by molar-refractivity contribution is -0.141. The summed E-state index contributed by atoms with van der Waals surface area (Å²) >= 11 is 1.41. The number of hydrogen-bond acceptors (Lipinski definition) is 4. The molecule has 0 aliphatic rings. The highest BCUT2D eigenvalue weighted by atomic mass is 32.2. The molecule has 0 saturated heterocycles. The molecule has 6 nitrogen and oxygen atoms in total. The van der Waals surface area contributed by atoms with Crippen molar-refractivity contribution in [3.8, 4) is 0 Å². The van der Waals surface area contributed by atoms with Gasteiger partial charge in [0, 0.05) is 17.1 Å². The Morgan fingerprint density at radius 2 is 1.52 bits per heavy atom. The standard InChI is InChI=1S/C23H35NO5S.CH4/c1-16(2)8-6-9-17(3)10-7-11-18(4)12-13-30-15-20(23(28)29)24-21(25)14-19(5)22(26)27;/h8,10,12,20H,5-7,9,11,13-15H2,1-4H3,(H,24,25)(H,26,27)(H,28,29);1H4/b17-10+,18-12+;/t20-;/m0./s1. The maximum absolute atomic E-state index is 11.8. The van der Waals surface area contributed by atoms with Crippen molar-refractivity contribution in [2.45, 2.75) is 73.3 Å². The van der Waals surface area contributed by atoms with Gasteiger partial charge < -0.3 is 15.5 Å². The van der Waals surface area contributed by atoms with Crippen molar-refractivity contribution in [1.82, 2.24) is 5.32 Å². The minimum atomic E-state index is -1.27. The summed E-state index contributed by atoms with van der Waals surface area (Å²) in [6.45, 7) is 11.7. The normalized spacial score (nSPS) is 12.4. The molecule has 0 aliphatic carbocycles. The fourth-order valence-electron chi connectivity index (χ4n) is 2.42. The Hall–Kier alpha value is -2.28. The van der Waals surface area contributed by atoms with Gasteiger partial charge in [-0.3, -0.25) is 4.79 Å². The van der Waals surface area contributed by atoms with E-state index in [1.807, 2.05) is 0 Å². The Morgan fingerprint density at radius 1 is 0.968 bits per heavy atom. The molecule has 0 aliphatic heterocycles. The van der Waals surface area contributed by atoms with Crippen molar-refractivity contribution >= 4 is 29.6 Å². The van der Waals surface area contributed by atoms with Gasteiger partial charge in [-0.2, -0.15) is 11.8 Å². The highest BCUT2D eigenvalue weighted by Crippen LogP contribution is 2.13. The van der Waals surface area contributed by atoms with Crippen LogP contribution in [0.1, 0.15) is 67.2 Å². The van der Waals surface area contributed by atoms with Gasteiger partial charge in [-0.1, -0.05) is 49.0 Å². The molecule has 3 N–H and O–H groups in total. The lowest BCUT2D eigenvalue weighted by atomic mass is 10.1. The molecule has 0 rings (SSSR count). The van der Waals surface area contributed by atoms with Gasteiger partial charge in [0.25, 0.3) is 0 Å². The van der Waals surface area contributed by atoms with E-state index in [4.69, 9.17) is 5.11 Å². The van der Waals surface area contributed by atoms with E-state index in [2.05, 4.69) is 57.8 Å². The molecule has 7 heteroatoms.